The Morgan fingerprint density at radius 3 is 2.81 bits per heavy atom. The lowest BCUT2D eigenvalue weighted by molar-refractivity contribution is -0.131. The Morgan fingerprint density at radius 2 is 1.97 bits per heavy atom. The number of Topliss-reactive ketones (excluding diaryl/α,β-unsaturated/α-hetero) is 1. The second-order valence-corrected chi connectivity index (χ2v) is 9.48. The lowest BCUT2D eigenvalue weighted by Gasteiger charge is -2.32. The molecule has 1 aromatic carbocycles. The molecule has 0 unspecified atom stereocenters. The highest BCUT2D eigenvalue weighted by Crippen LogP contribution is 2.27. The van der Waals surface area contributed by atoms with Gasteiger partial charge in [0.15, 0.2) is 5.78 Å². The Morgan fingerprint density at radius 1 is 1.06 bits per heavy atom. The molecule has 0 saturated carbocycles. The topological polar surface area (TPSA) is 88.5 Å². The van der Waals surface area contributed by atoms with Crippen molar-refractivity contribution in [2.75, 3.05) is 26.2 Å². The molecule has 0 radical (unpaired) electrons. The average Bonchev–Trinajstić information content (AvgIpc) is 3.15. The number of likely N-dealkylation sites (tertiary alicyclic amines) is 1. The molecule has 186 valence electrons. The summed E-state index contributed by atoms with van der Waals surface area (Å²) in [6.45, 7) is 4.06. The Balaban J connectivity index is 1.21. The van der Waals surface area contributed by atoms with Gasteiger partial charge in [-0.15, -0.1) is 0 Å². The molecule has 1 amide bonds. The fourth-order valence-corrected chi connectivity index (χ4v) is 5.03. The molecule has 2 aromatic heterocycles. The summed E-state index contributed by atoms with van der Waals surface area (Å²) < 4.78 is 5.95. The summed E-state index contributed by atoms with van der Waals surface area (Å²) in [7, 11) is 0. The molecule has 8 nitrogen and oxygen atoms in total. The molecule has 3 aromatic rings. The number of pyridine rings is 1. The van der Waals surface area contributed by atoms with Crippen LogP contribution in [-0.4, -0.2) is 62.7 Å². The van der Waals surface area contributed by atoms with E-state index in [1.807, 2.05) is 23.1 Å². The number of aryl methyl sites for hydroxylation is 1. The van der Waals surface area contributed by atoms with Crippen molar-refractivity contribution in [2.24, 2.45) is 5.92 Å². The molecule has 5 rings (SSSR count). The predicted octanol–water partition coefficient (Wildman–Crippen LogP) is 3.32. The molecule has 0 spiro atoms. The Kier molecular flexibility index (Phi) is 7.61. The van der Waals surface area contributed by atoms with Gasteiger partial charge in [-0.3, -0.25) is 29.4 Å². The van der Waals surface area contributed by atoms with Crippen LogP contribution in [0.25, 0.3) is 0 Å². The van der Waals surface area contributed by atoms with Gasteiger partial charge in [0.25, 0.3) is 0 Å². The third kappa shape index (κ3) is 5.94. The summed E-state index contributed by atoms with van der Waals surface area (Å²) in [5.41, 5.74) is 3.70. The molecule has 2 aliphatic rings. The van der Waals surface area contributed by atoms with E-state index in [1.54, 1.807) is 31.0 Å². The quantitative estimate of drug-likeness (QED) is 0.475. The minimum Gasteiger partial charge on any atom is -0.491 e. The first-order chi connectivity index (χ1) is 17.7. The van der Waals surface area contributed by atoms with E-state index < -0.39 is 0 Å². The van der Waals surface area contributed by atoms with Gasteiger partial charge in [-0.05, 0) is 55.6 Å². The van der Waals surface area contributed by atoms with Crippen molar-refractivity contribution in [3.05, 3.63) is 83.7 Å². The second kappa shape index (κ2) is 11.4. The van der Waals surface area contributed by atoms with Gasteiger partial charge in [0, 0.05) is 74.1 Å². The molecule has 36 heavy (non-hydrogen) atoms. The van der Waals surface area contributed by atoms with Gasteiger partial charge in [0.2, 0.25) is 5.91 Å². The molecule has 4 heterocycles. The zero-order chi connectivity index (χ0) is 24.7. The zero-order valence-electron chi connectivity index (χ0n) is 20.4. The fraction of sp³-hybridized carbons (Fsp3) is 0.393. The van der Waals surface area contributed by atoms with Crippen LogP contribution in [0.3, 0.4) is 0 Å². The maximum absolute atomic E-state index is 12.9. The smallest absolute Gasteiger partial charge is 0.223 e. The van der Waals surface area contributed by atoms with Crippen molar-refractivity contribution < 1.29 is 14.3 Å². The molecule has 1 saturated heterocycles. The minimum atomic E-state index is -0.00507. The van der Waals surface area contributed by atoms with Crippen molar-refractivity contribution in [2.45, 2.75) is 38.8 Å². The van der Waals surface area contributed by atoms with Gasteiger partial charge in [0.1, 0.15) is 12.4 Å². The average molecular weight is 486 g/mol. The minimum absolute atomic E-state index is 0.00507. The van der Waals surface area contributed by atoms with E-state index in [4.69, 9.17) is 4.74 Å². The summed E-state index contributed by atoms with van der Waals surface area (Å²) >= 11 is 0. The number of hydrogen-bond donors (Lipinski definition) is 0. The normalized spacial score (nSPS) is 18.1. The van der Waals surface area contributed by atoms with E-state index in [2.05, 4.69) is 32.0 Å². The van der Waals surface area contributed by atoms with Gasteiger partial charge in [-0.2, -0.15) is 0 Å². The summed E-state index contributed by atoms with van der Waals surface area (Å²) in [6.07, 6.45) is 11.2. The van der Waals surface area contributed by atoms with Gasteiger partial charge in [-0.25, -0.2) is 0 Å². The number of carbonyl (C=O) groups excluding carboxylic acids is 2. The van der Waals surface area contributed by atoms with Crippen LogP contribution in [0.1, 0.15) is 46.4 Å². The molecule has 0 aliphatic carbocycles. The van der Waals surface area contributed by atoms with Gasteiger partial charge < -0.3 is 9.64 Å². The summed E-state index contributed by atoms with van der Waals surface area (Å²) in [6, 6.07) is 9.92. The zero-order valence-corrected chi connectivity index (χ0v) is 20.4. The van der Waals surface area contributed by atoms with Crippen LogP contribution in [0, 0.1) is 5.92 Å². The summed E-state index contributed by atoms with van der Waals surface area (Å²) in [5.74, 6) is 1.11. The van der Waals surface area contributed by atoms with Crippen molar-refractivity contribution in [1.29, 1.82) is 0 Å². The number of aromatic nitrogens is 3. The van der Waals surface area contributed by atoms with E-state index >= 15 is 0 Å². The van der Waals surface area contributed by atoms with Crippen LogP contribution in [0.4, 0.5) is 0 Å². The molecular formula is C28H31N5O3. The van der Waals surface area contributed by atoms with E-state index in [9.17, 15) is 9.59 Å². The van der Waals surface area contributed by atoms with Crippen LogP contribution in [-0.2, 0) is 24.3 Å². The van der Waals surface area contributed by atoms with Crippen LogP contribution in [0.5, 0.6) is 5.75 Å². The van der Waals surface area contributed by atoms with Gasteiger partial charge in [-0.1, -0.05) is 6.07 Å². The summed E-state index contributed by atoms with van der Waals surface area (Å²) in [4.78, 5) is 42.5. The van der Waals surface area contributed by atoms with Crippen molar-refractivity contribution >= 4 is 11.7 Å². The number of piperidine rings is 1. The van der Waals surface area contributed by atoms with E-state index in [0.29, 0.717) is 38.1 Å². The maximum atomic E-state index is 12.9. The van der Waals surface area contributed by atoms with Gasteiger partial charge in [0.05, 0.1) is 12.2 Å². The van der Waals surface area contributed by atoms with Gasteiger partial charge >= 0.3 is 0 Å². The molecule has 2 aliphatic heterocycles. The van der Waals surface area contributed by atoms with E-state index in [-0.39, 0.29) is 17.6 Å². The molecule has 1 fully saturated rings. The standard InChI is InChI=1S/C28H31N5O3/c34-27(8-6-25-17-30-10-11-31-25)33-13-14-36-26-7-5-21(15-24(26)20-33)18-32-12-2-4-23(19-32)28(35)22-3-1-9-29-16-22/h1,3,5,7,9-11,15-17,23H,2,4,6,8,12-14,18-20H2/t23-/m0/s1. The Labute approximate surface area is 211 Å². The number of fused-ring (bicyclic) bond motifs is 1. The third-order valence-corrected chi connectivity index (χ3v) is 6.90. The maximum Gasteiger partial charge on any atom is 0.223 e. The summed E-state index contributed by atoms with van der Waals surface area (Å²) in [5, 5.41) is 0. The molecule has 1 atom stereocenters. The van der Waals surface area contributed by atoms with Crippen LogP contribution >= 0.6 is 0 Å². The fourth-order valence-electron chi connectivity index (χ4n) is 5.03. The highest BCUT2D eigenvalue weighted by Gasteiger charge is 2.27. The van der Waals surface area contributed by atoms with Crippen LogP contribution in [0.2, 0.25) is 0 Å². The lowest BCUT2D eigenvalue weighted by Crippen LogP contribution is -2.38. The first-order valence-electron chi connectivity index (χ1n) is 12.6. The molecular weight excluding hydrogens is 454 g/mol. The number of rotatable bonds is 7. The van der Waals surface area contributed by atoms with Crippen LogP contribution in [0.15, 0.2) is 61.3 Å². The monoisotopic (exact) mass is 485 g/mol. The lowest BCUT2D eigenvalue weighted by atomic mass is 9.90. The molecule has 0 N–H and O–H groups in total. The SMILES string of the molecule is O=C(c1cccnc1)[C@H]1CCCN(Cc2ccc3c(c2)CN(C(=O)CCc2cnccn2)CCO3)C1. The number of nitrogens with zero attached hydrogens (tertiary/aromatic N) is 5. The van der Waals surface area contributed by atoms with Crippen LogP contribution < -0.4 is 4.74 Å². The number of benzene rings is 1. The second-order valence-electron chi connectivity index (χ2n) is 9.48. The molecule has 0 bridgehead atoms. The Bertz CT molecular complexity index is 1190. The number of ether oxygens (including phenoxy) is 1. The number of ketones is 1. The van der Waals surface area contributed by atoms with Crippen molar-refractivity contribution in [3.8, 4) is 5.75 Å². The number of amides is 1. The number of hydrogen-bond acceptors (Lipinski definition) is 7. The van der Waals surface area contributed by atoms with Crippen molar-refractivity contribution in [3.63, 3.8) is 0 Å². The first kappa shape index (κ1) is 24.1. The highest BCUT2D eigenvalue weighted by molar-refractivity contribution is 5.97. The predicted molar refractivity (Wildman–Crippen MR) is 134 cm³/mol. The largest absolute Gasteiger partial charge is 0.491 e. The third-order valence-electron chi connectivity index (χ3n) is 6.90. The van der Waals surface area contributed by atoms with E-state index in [1.165, 1.54) is 5.56 Å². The molecule has 8 heteroatoms. The number of carbonyl (C=O) groups is 2. The Hall–Kier alpha value is -3.65. The first-order valence-corrected chi connectivity index (χ1v) is 12.6. The van der Waals surface area contributed by atoms with E-state index in [0.717, 1.165) is 49.5 Å². The van der Waals surface area contributed by atoms with Crippen molar-refractivity contribution in [1.82, 2.24) is 24.8 Å². The highest BCUT2D eigenvalue weighted by atomic mass is 16.5.